The SMILES string of the molecule is CC(=O)c1ccc(C(=O)Nc2ccccc2NC(=O)c2cccs2)cc1. The Morgan fingerprint density at radius 1 is 0.731 bits per heavy atom. The standard InChI is InChI=1S/C20H16N2O3S/c1-13(23)14-8-10-15(11-9-14)19(24)21-16-5-2-3-6-17(16)22-20(25)18-7-4-12-26-18/h2-12H,1H3,(H,21,24)(H,22,25). The fraction of sp³-hybridized carbons (Fsp3) is 0.0500. The topological polar surface area (TPSA) is 75.3 Å². The molecule has 0 unspecified atom stereocenters. The number of rotatable bonds is 5. The molecule has 6 heteroatoms. The van der Waals surface area contributed by atoms with Crippen molar-refractivity contribution in [2.75, 3.05) is 10.6 Å². The third-order valence-corrected chi connectivity index (χ3v) is 4.59. The first-order chi connectivity index (χ1) is 12.5. The molecule has 0 atom stereocenters. The van der Waals surface area contributed by atoms with Crippen LogP contribution in [0.2, 0.25) is 0 Å². The number of ketones is 1. The summed E-state index contributed by atoms with van der Waals surface area (Å²) in [5.41, 5.74) is 1.98. The van der Waals surface area contributed by atoms with Crippen molar-refractivity contribution in [1.29, 1.82) is 0 Å². The molecule has 0 spiro atoms. The smallest absolute Gasteiger partial charge is 0.265 e. The van der Waals surface area contributed by atoms with Gasteiger partial charge >= 0.3 is 0 Å². The summed E-state index contributed by atoms with van der Waals surface area (Å²) >= 11 is 1.34. The maximum absolute atomic E-state index is 12.5. The monoisotopic (exact) mass is 364 g/mol. The minimum Gasteiger partial charge on any atom is -0.320 e. The van der Waals surface area contributed by atoms with Crippen LogP contribution in [0.1, 0.15) is 37.3 Å². The van der Waals surface area contributed by atoms with Crippen molar-refractivity contribution in [1.82, 2.24) is 0 Å². The van der Waals surface area contributed by atoms with Gasteiger partial charge in [-0.3, -0.25) is 14.4 Å². The number of amides is 2. The first-order valence-corrected chi connectivity index (χ1v) is 8.79. The molecule has 130 valence electrons. The maximum atomic E-state index is 12.5. The molecule has 0 bridgehead atoms. The third kappa shape index (κ3) is 4.04. The number of benzene rings is 2. The van der Waals surface area contributed by atoms with Gasteiger partial charge in [0.1, 0.15) is 0 Å². The van der Waals surface area contributed by atoms with Crippen molar-refractivity contribution in [2.24, 2.45) is 0 Å². The molecule has 0 radical (unpaired) electrons. The molecule has 0 aliphatic heterocycles. The zero-order chi connectivity index (χ0) is 18.5. The molecule has 2 amide bonds. The Balaban J connectivity index is 1.76. The average Bonchev–Trinajstić information content (AvgIpc) is 3.18. The minimum absolute atomic E-state index is 0.0569. The molecule has 1 aromatic heterocycles. The third-order valence-electron chi connectivity index (χ3n) is 3.72. The van der Waals surface area contributed by atoms with Gasteiger partial charge in [0.25, 0.3) is 11.8 Å². The van der Waals surface area contributed by atoms with E-state index in [4.69, 9.17) is 0 Å². The molecule has 3 rings (SSSR count). The van der Waals surface area contributed by atoms with Crippen LogP contribution in [0.4, 0.5) is 11.4 Å². The normalized spacial score (nSPS) is 10.2. The van der Waals surface area contributed by atoms with E-state index in [9.17, 15) is 14.4 Å². The lowest BCUT2D eigenvalue weighted by Gasteiger charge is -2.12. The van der Waals surface area contributed by atoms with E-state index in [1.165, 1.54) is 18.3 Å². The molecule has 0 saturated carbocycles. The van der Waals surface area contributed by atoms with Crippen LogP contribution in [0.3, 0.4) is 0 Å². The highest BCUT2D eigenvalue weighted by Gasteiger charge is 2.13. The molecule has 0 saturated heterocycles. The van der Waals surface area contributed by atoms with Crippen LogP contribution in [0.15, 0.2) is 66.0 Å². The molecule has 3 aromatic rings. The number of anilines is 2. The quantitative estimate of drug-likeness (QED) is 0.657. The number of hydrogen-bond acceptors (Lipinski definition) is 4. The number of thiophene rings is 1. The van der Waals surface area contributed by atoms with Crippen LogP contribution in [0, 0.1) is 0 Å². The van der Waals surface area contributed by atoms with Crippen molar-refractivity contribution < 1.29 is 14.4 Å². The fourth-order valence-electron chi connectivity index (χ4n) is 2.34. The number of para-hydroxylation sites is 2. The Morgan fingerprint density at radius 3 is 1.85 bits per heavy atom. The fourth-order valence-corrected chi connectivity index (χ4v) is 2.96. The zero-order valence-corrected chi connectivity index (χ0v) is 14.8. The lowest BCUT2D eigenvalue weighted by atomic mass is 10.1. The van der Waals surface area contributed by atoms with E-state index >= 15 is 0 Å². The maximum Gasteiger partial charge on any atom is 0.265 e. The second-order valence-corrected chi connectivity index (χ2v) is 6.51. The van der Waals surface area contributed by atoms with Gasteiger partial charge < -0.3 is 10.6 Å². The van der Waals surface area contributed by atoms with Crippen molar-refractivity contribution >= 4 is 40.3 Å². The molecule has 5 nitrogen and oxygen atoms in total. The number of hydrogen-bond donors (Lipinski definition) is 2. The van der Waals surface area contributed by atoms with Crippen LogP contribution in [-0.2, 0) is 0 Å². The summed E-state index contributed by atoms with van der Waals surface area (Å²) in [6, 6.07) is 16.9. The van der Waals surface area contributed by atoms with Gasteiger partial charge in [0.15, 0.2) is 5.78 Å². The first kappa shape index (κ1) is 17.6. The van der Waals surface area contributed by atoms with Gasteiger partial charge in [-0.25, -0.2) is 0 Å². The summed E-state index contributed by atoms with van der Waals surface area (Å²) in [4.78, 5) is 36.6. The van der Waals surface area contributed by atoms with Gasteiger partial charge in [-0.1, -0.05) is 30.3 Å². The van der Waals surface area contributed by atoms with Crippen molar-refractivity contribution in [2.45, 2.75) is 6.92 Å². The van der Waals surface area contributed by atoms with Gasteiger partial charge in [0.05, 0.1) is 16.3 Å². The Bertz CT molecular complexity index is 947. The summed E-state index contributed by atoms with van der Waals surface area (Å²) in [6.45, 7) is 1.47. The molecule has 26 heavy (non-hydrogen) atoms. The van der Waals surface area contributed by atoms with Crippen molar-refractivity contribution in [3.63, 3.8) is 0 Å². The van der Waals surface area contributed by atoms with Crippen LogP contribution in [0.5, 0.6) is 0 Å². The van der Waals surface area contributed by atoms with E-state index in [1.54, 1.807) is 60.7 Å². The van der Waals surface area contributed by atoms with E-state index in [1.807, 2.05) is 5.38 Å². The van der Waals surface area contributed by atoms with Crippen LogP contribution >= 0.6 is 11.3 Å². The molecule has 2 N–H and O–H groups in total. The zero-order valence-electron chi connectivity index (χ0n) is 14.0. The van der Waals surface area contributed by atoms with Crippen LogP contribution in [-0.4, -0.2) is 17.6 Å². The Labute approximate surface area is 154 Å². The molecular formula is C20H16N2O3S. The molecule has 2 aromatic carbocycles. The Hall–Kier alpha value is -3.25. The van der Waals surface area contributed by atoms with E-state index < -0.39 is 0 Å². The molecule has 0 aliphatic carbocycles. The lowest BCUT2D eigenvalue weighted by molar-refractivity contribution is 0.100. The summed E-state index contributed by atoms with van der Waals surface area (Å²) in [5, 5.41) is 7.42. The highest BCUT2D eigenvalue weighted by Crippen LogP contribution is 2.23. The second-order valence-electron chi connectivity index (χ2n) is 5.56. The van der Waals surface area contributed by atoms with E-state index in [0.717, 1.165) is 0 Å². The number of carbonyl (C=O) groups is 3. The molecular weight excluding hydrogens is 348 g/mol. The number of carbonyl (C=O) groups excluding carboxylic acids is 3. The number of Topliss-reactive ketones (excluding diaryl/α,β-unsaturated/α-hetero) is 1. The van der Waals surface area contributed by atoms with Gasteiger partial charge in [0.2, 0.25) is 0 Å². The molecule has 0 fully saturated rings. The van der Waals surface area contributed by atoms with Gasteiger partial charge in [-0.15, -0.1) is 11.3 Å². The minimum atomic E-state index is -0.321. The summed E-state index contributed by atoms with van der Waals surface area (Å²) < 4.78 is 0. The van der Waals surface area contributed by atoms with E-state index in [2.05, 4.69) is 10.6 Å². The highest BCUT2D eigenvalue weighted by atomic mass is 32.1. The molecule has 0 aliphatic rings. The first-order valence-electron chi connectivity index (χ1n) is 7.91. The molecule has 1 heterocycles. The average molecular weight is 364 g/mol. The van der Waals surface area contributed by atoms with Crippen molar-refractivity contribution in [3.05, 3.63) is 82.0 Å². The predicted octanol–water partition coefficient (Wildman–Crippen LogP) is 4.46. The summed E-state index contributed by atoms with van der Waals surface area (Å²) in [6.07, 6.45) is 0. The van der Waals surface area contributed by atoms with Crippen molar-refractivity contribution in [3.8, 4) is 0 Å². The van der Waals surface area contributed by atoms with Crippen LogP contribution in [0.25, 0.3) is 0 Å². The number of nitrogens with one attached hydrogen (secondary N) is 2. The highest BCUT2D eigenvalue weighted by molar-refractivity contribution is 7.12. The Morgan fingerprint density at radius 2 is 1.31 bits per heavy atom. The van der Waals surface area contributed by atoms with Crippen LogP contribution < -0.4 is 10.6 Å². The summed E-state index contributed by atoms with van der Waals surface area (Å²) in [5.74, 6) is -0.607. The predicted molar refractivity (Wildman–Crippen MR) is 103 cm³/mol. The van der Waals surface area contributed by atoms with E-state index in [0.29, 0.717) is 27.4 Å². The largest absolute Gasteiger partial charge is 0.320 e. The van der Waals surface area contributed by atoms with E-state index in [-0.39, 0.29) is 17.6 Å². The summed E-state index contributed by atoms with van der Waals surface area (Å²) in [7, 11) is 0. The van der Waals surface area contributed by atoms with Gasteiger partial charge in [0, 0.05) is 11.1 Å². The Kier molecular flexibility index (Phi) is 5.24. The lowest BCUT2D eigenvalue weighted by Crippen LogP contribution is -2.16. The second kappa shape index (κ2) is 7.76. The van der Waals surface area contributed by atoms with Gasteiger partial charge in [-0.2, -0.15) is 0 Å². The van der Waals surface area contributed by atoms with Gasteiger partial charge in [-0.05, 0) is 42.6 Å².